The largest absolute Gasteiger partial charge is 0.326 e. The second-order valence-corrected chi connectivity index (χ2v) is 7.76. The fraction of sp³-hybridized carbons (Fsp3) is 0.150. The van der Waals surface area contributed by atoms with Crippen molar-refractivity contribution in [2.75, 3.05) is 11.6 Å². The fourth-order valence-electron chi connectivity index (χ4n) is 2.45. The van der Waals surface area contributed by atoms with Crippen molar-refractivity contribution in [3.8, 4) is 0 Å². The van der Waals surface area contributed by atoms with Crippen molar-refractivity contribution in [2.24, 2.45) is 0 Å². The number of aromatic amines is 1. The molecule has 5 nitrogen and oxygen atoms in total. The van der Waals surface area contributed by atoms with Gasteiger partial charge in [0.15, 0.2) is 5.16 Å². The molecule has 1 amide bonds. The average molecular weight is 416 g/mol. The van der Waals surface area contributed by atoms with Crippen LogP contribution in [-0.4, -0.2) is 22.1 Å². The fourth-order valence-corrected chi connectivity index (χ4v) is 3.76. The molecule has 0 fully saturated rings. The lowest BCUT2D eigenvalue weighted by atomic mass is 10.2. The molecule has 2 N–H and O–H groups in total. The van der Waals surface area contributed by atoms with E-state index in [4.69, 9.17) is 0 Å². The maximum absolute atomic E-state index is 13.0. The smallest absolute Gasteiger partial charge is 0.251 e. The number of carbonyl (C=O) groups is 1. The van der Waals surface area contributed by atoms with Crippen LogP contribution in [0.25, 0.3) is 0 Å². The number of aromatic nitrogens is 2. The van der Waals surface area contributed by atoms with Crippen LogP contribution in [0.15, 0.2) is 69.4 Å². The summed E-state index contributed by atoms with van der Waals surface area (Å²) in [5.41, 5.74) is 1.69. The first-order chi connectivity index (χ1) is 13.5. The quantitative estimate of drug-likeness (QED) is 0.449. The summed E-state index contributed by atoms with van der Waals surface area (Å²) in [7, 11) is 0. The molecule has 144 valence electrons. The van der Waals surface area contributed by atoms with Crippen LogP contribution in [-0.2, 0) is 17.0 Å². The van der Waals surface area contributed by atoms with E-state index in [0.29, 0.717) is 22.3 Å². The number of hydrogen-bond donors (Lipinski definition) is 2. The molecule has 3 rings (SSSR count). The highest BCUT2D eigenvalue weighted by Crippen LogP contribution is 2.20. The number of nitrogens with one attached hydrogen (secondary N) is 2. The van der Waals surface area contributed by atoms with Crippen molar-refractivity contribution >= 4 is 35.1 Å². The maximum atomic E-state index is 13.0. The van der Waals surface area contributed by atoms with E-state index < -0.39 is 0 Å². The van der Waals surface area contributed by atoms with E-state index >= 15 is 0 Å². The van der Waals surface area contributed by atoms with E-state index in [1.54, 1.807) is 23.9 Å². The third kappa shape index (κ3) is 5.97. The first-order valence-electron chi connectivity index (χ1n) is 8.43. The molecule has 0 spiro atoms. The van der Waals surface area contributed by atoms with Crippen LogP contribution >= 0.6 is 23.5 Å². The lowest BCUT2D eigenvalue weighted by Crippen LogP contribution is -2.18. The SMILES string of the molecule is CSc1cccc(NC(=O)Cc2cc(=O)[nH]c(SCc3ccc(F)cc3)n2)c1. The van der Waals surface area contributed by atoms with Gasteiger partial charge in [0.2, 0.25) is 5.91 Å². The number of carbonyl (C=O) groups excluding carboxylic acids is 1. The van der Waals surface area contributed by atoms with Gasteiger partial charge >= 0.3 is 0 Å². The lowest BCUT2D eigenvalue weighted by Gasteiger charge is -2.07. The van der Waals surface area contributed by atoms with Crippen LogP contribution in [0.4, 0.5) is 10.1 Å². The summed E-state index contributed by atoms with van der Waals surface area (Å²) in [6, 6.07) is 15.0. The molecule has 0 radical (unpaired) electrons. The molecule has 2 aromatic carbocycles. The molecule has 0 atom stereocenters. The number of nitrogens with zero attached hydrogens (tertiary/aromatic N) is 1. The second-order valence-electron chi connectivity index (χ2n) is 5.91. The highest BCUT2D eigenvalue weighted by atomic mass is 32.2. The Labute approximate surface area is 170 Å². The Hall–Kier alpha value is -2.58. The van der Waals surface area contributed by atoms with E-state index in [-0.39, 0.29) is 23.7 Å². The number of thioether (sulfide) groups is 2. The Morgan fingerprint density at radius 1 is 1.18 bits per heavy atom. The van der Waals surface area contributed by atoms with Crippen molar-refractivity contribution in [3.05, 3.63) is 82.0 Å². The van der Waals surface area contributed by atoms with Gasteiger partial charge < -0.3 is 10.3 Å². The van der Waals surface area contributed by atoms with Gasteiger partial charge in [0.1, 0.15) is 5.82 Å². The predicted molar refractivity (Wildman–Crippen MR) is 111 cm³/mol. The minimum atomic E-state index is -0.316. The number of rotatable bonds is 7. The van der Waals surface area contributed by atoms with E-state index in [1.807, 2.05) is 30.5 Å². The van der Waals surface area contributed by atoms with Gasteiger partial charge in [-0.25, -0.2) is 9.37 Å². The van der Waals surface area contributed by atoms with Crippen LogP contribution in [0.1, 0.15) is 11.3 Å². The van der Waals surface area contributed by atoms with E-state index in [9.17, 15) is 14.0 Å². The summed E-state index contributed by atoms with van der Waals surface area (Å²) < 4.78 is 13.0. The van der Waals surface area contributed by atoms with Gasteiger partial charge in [0.25, 0.3) is 5.56 Å². The highest BCUT2D eigenvalue weighted by molar-refractivity contribution is 7.98. The Bertz CT molecular complexity index is 1020. The predicted octanol–water partition coefficient (Wildman–Crippen LogP) is 4.10. The number of H-pyrrole nitrogens is 1. The lowest BCUT2D eigenvalue weighted by molar-refractivity contribution is -0.115. The molecule has 0 unspecified atom stereocenters. The number of hydrogen-bond acceptors (Lipinski definition) is 5. The Kier molecular flexibility index (Phi) is 6.89. The van der Waals surface area contributed by atoms with E-state index in [2.05, 4.69) is 15.3 Å². The minimum absolute atomic E-state index is 0.00246. The molecular weight excluding hydrogens is 397 g/mol. The van der Waals surface area contributed by atoms with Gasteiger partial charge in [-0.3, -0.25) is 9.59 Å². The van der Waals surface area contributed by atoms with Crippen molar-refractivity contribution in [2.45, 2.75) is 22.2 Å². The summed E-state index contributed by atoms with van der Waals surface area (Å²) in [6.07, 6.45) is 1.96. The van der Waals surface area contributed by atoms with Gasteiger partial charge in [-0.15, -0.1) is 11.8 Å². The van der Waals surface area contributed by atoms with Crippen molar-refractivity contribution in [3.63, 3.8) is 0 Å². The molecule has 0 aliphatic rings. The Balaban J connectivity index is 1.64. The van der Waals surface area contributed by atoms with Gasteiger partial charge in [-0.1, -0.05) is 30.0 Å². The van der Waals surface area contributed by atoms with Crippen LogP contribution in [0.5, 0.6) is 0 Å². The summed E-state index contributed by atoms with van der Waals surface area (Å²) in [5.74, 6) is -0.0115. The molecule has 8 heteroatoms. The van der Waals surface area contributed by atoms with Crippen molar-refractivity contribution in [1.29, 1.82) is 0 Å². The third-order valence-corrected chi connectivity index (χ3v) is 5.43. The van der Waals surface area contributed by atoms with Crippen LogP contribution < -0.4 is 10.9 Å². The zero-order valence-electron chi connectivity index (χ0n) is 15.1. The van der Waals surface area contributed by atoms with E-state index in [1.165, 1.54) is 30.0 Å². The first kappa shape index (κ1) is 20.2. The monoisotopic (exact) mass is 415 g/mol. The molecule has 0 saturated carbocycles. The molecule has 1 heterocycles. The number of amides is 1. The van der Waals surface area contributed by atoms with Crippen LogP contribution in [0.3, 0.4) is 0 Å². The third-order valence-electron chi connectivity index (χ3n) is 3.76. The highest BCUT2D eigenvalue weighted by Gasteiger charge is 2.09. The van der Waals surface area contributed by atoms with E-state index in [0.717, 1.165) is 10.5 Å². The molecule has 0 aliphatic carbocycles. The van der Waals surface area contributed by atoms with Gasteiger partial charge in [-0.2, -0.15) is 0 Å². The molecule has 0 aliphatic heterocycles. The molecule has 28 heavy (non-hydrogen) atoms. The second kappa shape index (κ2) is 9.57. The number of benzene rings is 2. The number of halogens is 1. The zero-order chi connectivity index (χ0) is 19.9. The molecular formula is C20H18FN3O2S2. The standard InChI is InChI=1S/C20H18FN3O2S2/c1-27-17-4-2-3-15(9-17)22-18(25)10-16-11-19(26)24-20(23-16)28-12-13-5-7-14(21)8-6-13/h2-9,11H,10,12H2,1H3,(H,22,25)(H,23,24,26). The minimum Gasteiger partial charge on any atom is -0.326 e. The molecule has 0 saturated heterocycles. The van der Waals surface area contributed by atoms with Gasteiger partial charge in [0, 0.05) is 22.4 Å². The summed E-state index contributed by atoms with van der Waals surface area (Å²) >= 11 is 2.91. The zero-order valence-corrected chi connectivity index (χ0v) is 16.7. The first-order valence-corrected chi connectivity index (χ1v) is 10.6. The molecule has 3 aromatic rings. The normalized spacial score (nSPS) is 10.6. The van der Waals surface area contributed by atoms with Crippen molar-refractivity contribution in [1.82, 2.24) is 9.97 Å². The van der Waals surface area contributed by atoms with Gasteiger partial charge in [0.05, 0.1) is 12.1 Å². The number of anilines is 1. The van der Waals surface area contributed by atoms with Gasteiger partial charge in [-0.05, 0) is 42.2 Å². The topological polar surface area (TPSA) is 74.8 Å². The average Bonchev–Trinajstić information content (AvgIpc) is 2.67. The Morgan fingerprint density at radius 2 is 1.96 bits per heavy atom. The molecule has 0 bridgehead atoms. The van der Waals surface area contributed by atoms with Crippen LogP contribution in [0.2, 0.25) is 0 Å². The Morgan fingerprint density at radius 3 is 2.71 bits per heavy atom. The van der Waals surface area contributed by atoms with Crippen LogP contribution in [0, 0.1) is 5.82 Å². The summed E-state index contributed by atoms with van der Waals surface area (Å²) in [6.45, 7) is 0. The maximum Gasteiger partial charge on any atom is 0.251 e. The summed E-state index contributed by atoms with van der Waals surface area (Å²) in [5, 5.41) is 3.24. The summed E-state index contributed by atoms with van der Waals surface area (Å²) in [4.78, 5) is 32.3. The molecule has 1 aromatic heterocycles. The van der Waals surface area contributed by atoms with Crippen molar-refractivity contribution < 1.29 is 9.18 Å².